The van der Waals surface area contributed by atoms with Crippen molar-refractivity contribution in [2.75, 3.05) is 10.7 Å². The Morgan fingerprint density at radius 3 is 2.65 bits per heavy atom. The minimum absolute atomic E-state index is 0.376. The topological polar surface area (TPSA) is 75.9 Å². The van der Waals surface area contributed by atoms with Crippen LogP contribution < -0.4 is 16.6 Å². The second kappa shape index (κ2) is 5.44. The molecular weight excluding hydrogens is 318 g/mol. The molecule has 0 atom stereocenters. The molecule has 6 heteroatoms. The second-order valence-electron chi connectivity index (χ2n) is 4.19. The van der Waals surface area contributed by atoms with Crippen molar-refractivity contribution in [1.82, 2.24) is 9.97 Å². The van der Waals surface area contributed by atoms with Crippen molar-refractivity contribution in [3.05, 3.63) is 53.0 Å². The predicted octanol–water partition coefficient (Wildman–Crippen LogP) is 3.42. The first-order valence-electron chi connectivity index (χ1n) is 6.02. The summed E-state index contributed by atoms with van der Waals surface area (Å²) in [5, 5.41) is 4.22. The minimum Gasteiger partial charge on any atom is -0.340 e. The van der Waals surface area contributed by atoms with Crippen LogP contribution in [-0.4, -0.2) is 9.97 Å². The van der Waals surface area contributed by atoms with Crippen LogP contribution in [0.15, 0.2) is 53.0 Å². The number of hydrazine groups is 1. The maximum absolute atomic E-state index is 5.42. The third-order valence-corrected chi connectivity index (χ3v) is 3.31. The molecule has 0 aliphatic rings. The van der Waals surface area contributed by atoms with Gasteiger partial charge in [-0.1, -0.05) is 34.1 Å². The Balaban J connectivity index is 2.10. The summed E-state index contributed by atoms with van der Waals surface area (Å²) < 4.78 is 0.998. The van der Waals surface area contributed by atoms with Crippen LogP contribution in [0.25, 0.3) is 10.9 Å². The number of aromatic nitrogens is 2. The number of hydrogen-bond donors (Lipinski definition) is 3. The van der Waals surface area contributed by atoms with E-state index in [1.165, 1.54) is 0 Å². The van der Waals surface area contributed by atoms with Crippen LogP contribution >= 0.6 is 15.9 Å². The van der Waals surface area contributed by atoms with Crippen molar-refractivity contribution in [3.63, 3.8) is 0 Å². The van der Waals surface area contributed by atoms with Gasteiger partial charge in [-0.25, -0.2) is 10.8 Å². The third-order valence-electron chi connectivity index (χ3n) is 2.82. The van der Waals surface area contributed by atoms with Gasteiger partial charge in [0.1, 0.15) is 5.82 Å². The monoisotopic (exact) mass is 329 g/mol. The number of nitrogens with zero attached hydrogens (tertiary/aromatic N) is 2. The molecule has 0 amide bonds. The molecule has 100 valence electrons. The van der Waals surface area contributed by atoms with Gasteiger partial charge in [0.25, 0.3) is 0 Å². The predicted molar refractivity (Wildman–Crippen MR) is 84.8 cm³/mol. The number of halogens is 1. The zero-order valence-electron chi connectivity index (χ0n) is 10.5. The smallest absolute Gasteiger partial charge is 0.239 e. The lowest BCUT2D eigenvalue weighted by Gasteiger charge is -2.10. The highest BCUT2D eigenvalue weighted by atomic mass is 79.9. The number of para-hydroxylation sites is 1. The first kappa shape index (κ1) is 12.8. The minimum atomic E-state index is 0.376. The van der Waals surface area contributed by atoms with Crippen LogP contribution in [-0.2, 0) is 0 Å². The Hall–Kier alpha value is -2.18. The van der Waals surface area contributed by atoms with E-state index in [9.17, 15) is 0 Å². The Kier molecular flexibility index (Phi) is 3.49. The highest BCUT2D eigenvalue weighted by Gasteiger charge is 2.07. The molecule has 0 saturated heterocycles. The zero-order chi connectivity index (χ0) is 13.9. The summed E-state index contributed by atoms with van der Waals surface area (Å²) >= 11 is 3.45. The van der Waals surface area contributed by atoms with Gasteiger partial charge in [0, 0.05) is 15.5 Å². The molecule has 1 heterocycles. The van der Waals surface area contributed by atoms with Crippen molar-refractivity contribution in [2.45, 2.75) is 0 Å². The first-order valence-corrected chi connectivity index (χ1v) is 6.81. The van der Waals surface area contributed by atoms with Crippen LogP contribution in [0.3, 0.4) is 0 Å². The van der Waals surface area contributed by atoms with E-state index in [4.69, 9.17) is 5.84 Å². The van der Waals surface area contributed by atoms with E-state index in [1.54, 1.807) is 0 Å². The lowest BCUT2D eigenvalue weighted by molar-refractivity contribution is 1.15. The van der Waals surface area contributed by atoms with Gasteiger partial charge in [0.05, 0.1) is 5.52 Å². The summed E-state index contributed by atoms with van der Waals surface area (Å²) in [6.45, 7) is 0. The molecule has 3 rings (SSSR count). The molecule has 0 fully saturated rings. The molecule has 4 N–H and O–H groups in total. The van der Waals surface area contributed by atoms with E-state index in [-0.39, 0.29) is 0 Å². The van der Waals surface area contributed by atoms with Crippen LogP contribution in [0.1, 0.15) is 0 Å². The summed E-state index contributed by atoms with van der Waals surface area (Å²) in [4.78, 5) is 8.69. The Bertz CT molecular complexity index is 759. The SMILES string of the molecule is NNc1nc(Nc2cccc(Br)c2)c2ccccc2n1. The highest BCUT2D eigenvalue weighted by Crippen LogP contribution is 2.26. The standard InChI is InChI=1S/C14H12BrN5/c15-9-4-3-5-10(8-9)17-13-11-6-1-2-7-12(11)18-14(19-13)20-16/h1-8H,16H2,(H2,17,18,19,20). The number of nitrogens with one attached hydrogen (secondary N) is 2. The van der Waals surface area contributed by atoms with E-state index < -0.39 is 0 Å². The lowest BCUT2D eigenvalue weighted by Crippen LogP contribution is -2.11. The molecule has 20 heavy (non-hydrogen) atoms. The summed E-state index contributed by atoms with van der Waals surface area (Å²) in [5.74, 6) is 6.50. The Morgan fingerprint density at radius 1 is 1.00 bits per heavy atom. The van der Waals surface area contributed by atoms with Gasteiger partial charge in [-0.15, -0.1) is 0 Å². The highest BCUT2D eigenvalue weighted by molar-refractivity contribution is 9.10. The number of anilines is 3. The zero-order valence-corrected chi connectivity index (χ0v) is 12.1. The van der Waals surface area contributed by atoms with Gasteiger partial charge in [0.2, 0.25) is 5.95 Å². The first-order chi connectivity index (χ1) is 9.76. The number of nitrogens with two attached hydrogens (primary N) is 1. The summed E-state index contributed by atoms with van der Waals surface area (Å²) in [5.41, 5.74) is 4.25. The van der Waals surface area contributed by atoms with Gasteiger partial charge >= 0.3 is 0 Å². The van der Waals surface area contributed by atoms with E-state index in [0.29, 0.717) is 11.8 Å². The molecule has 0 bridgehead atoms. The van der Waals surface area contributed by atoms with E-state index in [2.05, 4.69) is 36.6 Å². The van der Waals surface area contributed by atoms with Crippen LogP contribution in [0.5, 0.6) is 0 Å². The van der Waals surface area contributed by atoms with Gasteiger partial charge in [-0.3, -0.25) is 5.43 Å². The molecule has 1 aromatic heterocycles. The van der Waals surface area contributed by atoms with Crippen molar-refractivity contribution in [2.24, 2.45) is 5.84 Å². The maximum Gasteiger partial charge on any atom is 0.239 e. The number of fused-ring (bicyclic) bond motifs is 1. The fourth-order valence-corrected chi connectivity index (χ4v) is 2.34. The van der Waals surface area contributed by atoms with E-state index >= 15 is 0 Å². The number of benzene rings is 2. The second-order valence-corrected chi connectivity index (χ2v) is 5.11. The molecule has 0 aliphatic heterocycles. The Morgan fingerprint density at radius 2 is 1.85 bits per heavy atom. The lowest BCUT2D eigenvalue weighted by atomic mass is 10.2. The quantitative estimate of drug-likeness (QED) is 0.507. The van der Waals surface area contributed by atoms with E-state index in [0.717, 1.165) is 21.1 Å². The van der Waals surface area contributed by atoms with Crippen molar-refractivity contribution in [3.8, 4) is 0 Å². The molecule has 0 saturated carbocycles. The molecule has 0 radical (unpaired) electrons. The molecule has 0 unspecified atom stereocenters. The fourth-order valence-electron chi connectivity index (χ4n) is 1.94. The van der Waals surface area contributed by atoms with Gasteiger partial charge in [-0.05, 0) is 30.3 Å². The summed E-state index contributed by atoms with van der Waals surface area (Å²) in [7, 11) is 0. The average molecular weight is 330 g/mol. The molecular formula is C14H12BrN5. The number of rotatable bonds is 3. The molecule has 3 aromatic rings. The summed E-state index contributed by atoms with van der Waals surface area (Å²) in [6.07, 6.45) is 0. The maximum atomic E-state index is 5.42. The van der Waals surface area contributed by atoms with Crippen LogP contribution in [0.4, 0.5) is 17.5 Å². The largest absolute Gasteiger partial charge is 0.340 e. The molecule has 0 aliphatic carbocycles. The molecule has 0 spiro atoms. The van der Waals surface area contributed by atoms with E-state index in [1.807, 2.05) is 48.5 Å². The van der Waals surface area contributed by atoms with Gasteiger partial charge in [-0.2, -0.15) is 4.98 Å². The van der Waals surface area contributed by atoms with Crippen molar-refractivity contribution in [1.29, 1.82) is 0 Å². The van der Waals surface area contributed by atoms with Crippen molar-refractivity contribution < 1.29 is 0 Å². The van der Waals surface area contributed by atoms with Gasteiger partial charge in [0.15, 0.2) is 0 Å². The molecule has 5 nitrogen and oxygen atoms in total. The average Bonchev–Trinajstić information content (AvgIpc) is 2.47. The Labute approximate surface area is 124 Å². The number of hydrogen-bond acceptors (Lipinski definition) is 5. The van der Waals surface area contributed by atoms with Crippen LogP contribution in [0.2, 0.25) is 0 Å². The fraction of sp³-hybridized carbons (Fsp3) is 0. The third kappa shape index (κ3) is 2.56. The van der Waals surface area contributed by atoms with Gasteiger partial charge < -0.3 is 5.32 Å². The van der Waals surface area contributed by atoms with Crippen molar-refractivity contribution >= 4 is 44.3 Å². The summed E-state index contributed by atoms with van der Waals surface area (Å²) in [6, 6.07) is 15.6. The van der Waals surface area contributed by atoms with Crippen LogP contribution in [0, 0.1) is 0 Å². The number of nitrogen functional groups attached to an aromatic ring is 1. The normalized spacial score (nSPS) is 10.5. The molecule has 2 aromatic carbocycles.